The third-order valence-electron chi connectivity index (χ3n) is 7.55. The fraction of sp³-hybridized carbons (Fsp3) is 0.400. The zero-order chi connectivity index (χ0) is 24.5. The number of carbonyl (C=O) groups is 1. The van der Waals surface area contributed by atoms with E-state index in [0.29, 0.717) is 53.9 Å². The lowest BCUT2D eigenvalue weighted by atomic mass is 9.71. The van der Waals surface area contributed by atoms with Crippen molar-refractivity contribution in [3.05, 3.63) is 35.9 Å². The molecule has 0 saturated heterocycles. The Balaban J connectivity index is 1.41. The Bertz CT molecular complexity index is 1370. The van der Waals surface area contributed by atoms with Gasteiger partial charge in [-0.15, -0.1) is 0 Å². The van der Waals surface area contributed by atoms with Crippen molar-refractivity contribution in [1.29, 1.82) is 0 Å². The van der Waals surface area contributed by atoms with Crippen LogP contribution in [0.15, 0.2) is 24.5 Å². The Morgan fingerprint density at radius 3 is 2.74 bits per heavy atom. The second kappa shape index (κ2) is 7.67. The highest BCUT2D eigenvalue weighted by molar-refractivity contribution is 6.00. The molecule has 1 amide bonds. The van der Waals surface area contributed by atoms with E-state index in [1.165, 1.54) is 11.1 Å². The van der Waals surface area contributed by atoms with Gasteiger partial charge in [0, 0.05) is 41.5 Å². The first-order chi connectivity index (χ1) is 16.8. The number of aromatic nitrogens is 2. The van der Waals surface area contributed by atoms with Crippen molar-refractivity contribution < 1.29 is 24.1 Å². The van der Waals surface area contributed by atoms with E-state index in [9.17, 15) is 15.0 Å². The largest absolute Gasteiger partial charge is 0.474 e. The van der Waals surface area contributed by atoms with Crippen LogP contribution in [0, 0.1) is 18.7 Å². The molecule has 2 aromatic heterocycles. The van der Waals surface area contributed by atoms with E-state index in [0.717, 1.165) is 18.4 Å². The lowest BCUT2D eigenvalue weighted by Crippen LogP contribution is -2.58. The number of nitrogens with zero attached hydrogens (tertiary/aromatic N) is 3. The minimum atomic E-state index is -1.14. The number of benzene rings is 1. The number of ether oxygens (including phenoxy) is 1. The average molecular weight is 480 g/mol. The number of amides is 1. The van der Waals surface area contributed by atoms with Crippen molar-refractivity contribution >= 4 is 34.1 Å². The van der Waals surface area contributed by atoms with Crippen LogP contribution in [-0.4, -0.2) is 51.1 Å². The van der Waals surface area contributed by atoms with Gasteiger partial charge in [-0.3, -0.25) is 4.90 Å². The van der Waals surface area contributed by atoms with Crippen LogP contribution in [0.3, 0.4) is 0 Å². The molecule has 3 heterocycles. The highest BCUT2D eigenvalue weighted by atomic mass is 19.1. The predicted octanol–water partition coefficient (Wildman–Crippen LogP) is 3.92. The summed E-state index contributed by atoms with van der Waals surface area (Å²) in [6.07, 6.45) is 4.56. The molecular weight excluding hydrogens is 453 g/mol. The van der Waals surface area contributed by atoms with Gasteiger partial charge in [0.2, 0.25) is 5.88 Å². The standard InChI is InChI=1S/C25H26FN5O4/c1-12-17(10-30-23-22(12)28-4-5-35-23)16-6-13-7-19(29-11-18(13)21(27)20(16)26)31(24(32)33)15-8-25(34,9-15)14-2-3-14/h6-7,10-11,14-15,28,34H,2-5,8-9,27H2,1H3,(H,32,33). The number of carboxylic acid groups (broad SMARTS) is 1. The normalized spacial score (nSPS) is 23.1. The van der Waals surface area contributed by atoms with E-state index in [1.807, 2.05) is 6.92 Å². The fourth-order valence-corrected chi connectivity index (χ4v) is 5.44. The van der Waals surface area contributed by atoms with Gasteiger partial charge in [-0.1, -0.05) is 0 Å². The molecule has 2 saturated carbocycles. The molecule has 1 aliphatic heterocycles. The van der Waals surface area contributed by atoms with E-state index >= 15 is 4.39 Å². The summed E-state index contributed by atoms with van der Waals surface area (Å²) < 4.78 is 21.0. The van der Waals surface area contributed by atoms with Crippen molar-refractivity contribution in [3.8, 4) is 17.0 Å². The number of pyridine rings is 2. The quantitative estimate of drug-likeness (QED) is 0.414. The molecule has 2 fully saturated rings. The third kappa shape index (κ3) is 3.43. The van der Waals surface area contributed by atoms with Gasteiger partial charge in [-0.05, 0) is 61.6 Å². The Morgan fingerprint density at radius 2 is 2.03 bits per heavy atom. The van der Waals surface area contributed by atoms with Crippen molar-refractivity contribution in [3.63, 3.8) is 0 Å². The summed E-state index contributed by atoms with van der Waals surface area (Å²) >= 11 is 0. The first-order valence-electron chi connectivity index (χ1n) is 11.8. The molecule has 1 aromatic carbocycles. The highest BCUT2D eigenvalue weighted by Gasteiger charge is 2.55. The summed E-state index contributed by atoms with van der Waals surface area (Å²) in [5.41, 5.74) is 7.64. The molecule has 0 bridgehead atoms. The van der Waals surface area contributed by atoms with Gasteiger partial charge >= 0.3 is 6.09 Å². The number of nitrogens with one attached hydrogen (secondary N) is 1. The molecule has 6 rings (SSSR count). The minimum absolute atomic E-state index is 0.0634. The van der Waals surface area contributed by atoms with Gasteiger partial charge in [-0.2, -0.15) is 0 Å². The smallest absolute Gasteiger partial charge is 0.413 e. The number of fused-ring (bicyclic) bond motifs is 2. The molecule has 2 aliphatic carbocycles. The molecule has 0 radical (unpaired) electrons. The maximum Gasteiger partial charge on any atom is 0.413 e. The Hall–Kier alpha value is -3.66. The van der Waals surface area contributed by atoms with E-state index in [2.05, 4.69) is 15.3 Å². The second-order valence-corrected chi connectivity index (χ2v) is 9.76. The number of hydrogen-bond donors (Lipinski definition) is 4. The van der Waals surface area contributed by atoms with Crippen molar-refractivity contribution in [2.45, 2.75) is 44.2 Å². The van der Waals surface area contributed by atoms with E-state index in [4.69, 9.17) is 10.5 Å². The SMILES string of the molecule is Cc1c(-c2cc3cc(N(C(=O)O)C4CC(O)(C5CC5)C4)ncc3c(N)c2F)cnc2c1NCCO2. The predicted molar refractivity (Wildman–Crippen MR) is 129 cm³/mol. The van der Waals surface area contributed by atoms with Gasteiger partial charge < -0.3 is 26.0 Å². The van der Waals surface area contributed by atoms with Crippen LogP contribution < -0.4 is 20.7 Å². The van der Waals surface area contributed by atoms with Gasteiger partial charge in [0.15, 0.2) is 5.82 Å². The first kappa shape index (κ1) is 21.8. The summed E-state index contributed by atoms with van der Waals surface area (Å²) in [4.78, 5) is 22.0. The Kier molecular flexibility index (Phi) is 4.79. The number of rotatable bonds is 4. The zero-order valence-electron chi connectivity index (χ0n) is 19.2. The zero-order valence-corrected chi connectivity index (χ0v) is 19.2. The van der Waals surface area contributed by atoms with Gasteiger partial charge in [-0.25, -0.2) is 19.2 Å². The van der Waals surface area contributed by atoms with Gasteiger partial charge in [0.05, 0.1) is 11.3 Å². The van der Waals surface area contributed by atoms with E-state index in [-0.39, 0.29) is 29.0 Å². The summed E-state index contributed by atoms with van der Waals surface area (Å²) in [5.74, 6) is 0.372. The monoisotopic (exact) mass is 479 g/mol. The van der Waals surface area contributed by atoms with E-state index < -0.39 is 17.5 Å². The number of anilines is 3. The Labute approximate surface area is 200 Å². The summed E-state index contributed by atoms with van der Waals surface area (Å²) in [5, 5.41) is 24.8. The highest BCUT2D eigenvalue weighted by Crippen LogP contribution is 2.52. The molecule has 9 nitrogen and oxygen atoms in total. The molecule has 35 heavy (non-hydrogen) atoms. The number of aliphatic hydroxyl groups is 1. The number of hydrogen-bond acceptors (Lipinski definition) is 7. The molecule has 5 N–H and O–H groups in total. The van der Waals surface area contributed by atoms with Crippen LogP contribution in [0.25, 0.3) is 21.9 Å². The van der Waals surface area contributed by atoms with Crippen LogP contribution in [0.1, 0.15) is 31.2 Å². The van der Waals surface area contributed by atoms with Crippen LogP contribution >= 0.6 is 0 Å². The maximum absolute atomic E-state index is 15.4. The summed E-state index contributed by atoms with van der Waals surface area (Å²) in [7, 11) is 0. The average Bonchev–Trinajstić information content (AvgIpc) is 3.67. The van der Waals surface area contributed by atoms with Crippen molar-refractivity contribution in [2.24, 2.45) is 5.92 Å². The maximum atomic E-state index is 15.4. The fourth-order valence-electron chi connectivity index (χ4n) is 5.44. The molecule has 0 atom stereocenters. The molecule has 182 valence electrons. The summed E-state index contributed by atoms with van der Waals surface area (Å²) in [6.45, 7) is 2.99. The molecule has 10 heteroatoms. The van der Waals surface area contributed by atoms with Gasteiger partial charge in [0.1, 0.15) is 18.1 Å². The van der Waals surface area contributed by atoms with Crippen molar-refractivity contribution in [1.82, 2.24) is 9.97 Å². The van der Waals surface area contributed by atoms with Crippen molar-refractivity contribution in [2.75, 3.05) is 29.1 Å². The van der Waals surface area contributed by atoms with E-state index in [1.54, 1.807) is 18.3 Å². The lowest BCUT2D eigenvalue weighted by Gasteiger charge is -2.47. The Morgan fingerprint density at radius 1 is 1.26 bits per heavy atom. The van der Waals surface area contributed by atoms with Gasteiger partial charge in [0.25, 0.3) is 0 Å². The lowest BCUT2D eigenvalue weighted by molar-refractivity contribution is -0.0661. The second-order valence-electron chi connectivity index (χ2n) is 9.76. The van der Waals surface area contributed by atoms with Crippen LogP contribution in [0.5, 0.6) is 5.88 Å². The first-order valence-corrected chi connectivity index (χ1v) is 11.8. The molecular formula is C25H26FN5O4. The minimum Gasteiger partial charge on any atom is -0.474 e. The number of nitrogen functional groups attached to an aromatic ring is 1. The topological polar surface area (TPSA) is 134 Å². The summed E-state index contributed by atoms with van der Waals surface area (Å²) in [6, 6.07) is 2.89. The molecule has 3 aliphatic rings. The van der Waals surface area contributed by atoms with Crippen LogP contribution in [-0.2, 0) is 0 Å². The molecule has 0 spiro atoms. The van der Waals surface area contributed by atoms with Crippen LogP contribution in [0.2, 0.25) is 0 Å². The molecule has 3 aromatic rings. The molecule has 0 unspecified atom stereocenters. The number of halogens is 1. The van der Waals surface area contributed by atoms with Crippen LogP contribution in [0.4, 0.5) is 26.4 Å². The third-order valence-corrected chi connectivity index (χ3v) is 7.55. The number of nitrogens with two attached hydrogens (primary N) is 1.